The van der Waals surface area contributed by atoms with Crippen molar-refractivity contribution < 1.29 is 18.3 Å². The summed E-state index contributed by atoms with van der Waals surface area (Å²) in [5.41, 5.74) is 0. The summed E-state index contributed by atoms with van der Waals surface area (Å²) in [7, 11) is -3.39. The molecule has 1 fully saturated rings. The van der Waals surface area contributed by atoms with Gasteiger partial charge in [-0.3, -0.25) is 10.1 Å². The molecule has 0 radical (unpaired) electrons. The molecule has 0 amide bonds. The second kappa shape index (κ2) is 7.59. The van der Waals surface area contributed by atoms with Crippen LogP contribution >= 0.6 is 0 Å². The van der Waals surface area contributed by atoms with E-state index >= 15 is 0 Å². The number of carboxylic acid groups (broad SMARTS) is 1. The highest BCUT2D eigenvalue weighted by Crippen LogP contribution is 2.27. The summed E-state index contributed by atoms with van der Waals surface area (Å²) < 4.78 is 24.9. The van der Waals surface area contributed by atoms with Crippen LogP contribution in [0, 0.1) is 5.92 Å². The first-order valence-electron chi connectivity index (χ1n) is 6.58. The molecule has 0 aromatic heterocycles. The highest BCUT2D eigenvalue weighted by atomic mass is 32.2. The summed E-state index contributed by atoms with van der Waals surface area (Å²) in [5.74, 6) is -0.437. The highest BCUT2D eigenvalue weighted by molar-refractivity contribution is 7.89. The van der Waals surface area contributed by atoms with Crippen molar-refractivity contribution in [3.63, 3.8) is 0 Å². The van der Waals surface area contributed by atoms with Gasteiger partial charge in [-0.1, -0.05) is 32.1 Å². The van der Waals surface area contributed by atoms with Gasteiger partial charge in [0.1, 0.15) is 6.04 Å². The number of nitrogens with one attached hydrogen (secondary N) is 1. The largest absolute Gasteiger partial charge is 0.480 e. The van der Waals surface area contributed by atoms with Gasteiger partial charge in [0.05, 0.1) is 6.26 Å². The first-order valence-corrected chi connectivity index (χ1v) is 8.43. The smallest absolute Gasteiger partial charge is 0.320 e. The van der Waals surface area contributed by atoms with Gasteiger partial charge in [-0.2, -0.15) is 4.40 Å². The fourth-order valence-electron chi connectivity index (χ4n) is 2.40. The lowest BCUT2D eigenvalue weighted by Gasteiger charge is -2.24. The van der Waals surface area contributed by atoms with E-state index in [2.05, 4.69) is 9.71 Å². The second-order valence-corrected chi connectivity index (χ2v) is 6.74. The fourth-order valence-corrected chi connectivity index (χ4v) is 2.74. The molecule has 0 spiro atoms. The zero-order valence-corrected chi connectivity index (χ0v) is 12.0. The molecule has 1 atom stereocenters. The van der Waals surface area contributed by atoms with E-state index in [0.717, 1.165) is 19.1 Å². The van der Waals surface area contributed by atoms with E-state index in [1.807, 2.05) is 0 Å². The van der Waals surface area contributed by atoms with E-state index in [1.54, 1.807) is 0 Å². The molecular formula is C12H22N2O4S. The van der Waals surface area contributed by atoms with Crippen molar-refractivity contribution in [3.05, 3.63) is 0 Å². The van der Waals surface area contributed by atoms with E-state index in [0.29, 0.717) is 12.3 Å². The lowest BCUT2D eigenvalue weighted by atomic mass is 9.85. The van der Waals surface area contributed by atoms with Gasteiger partial charge in [0.15, 0.2) is 0 Å². The maximum absolute atomic E-state index is 11.1. The minimum atomic E-state index is -3.39. The van der Waals surface area contributed by atoms with E-state index in [1.165, 1.54) is 25.5 Å². The van der Waals surface area contributed by atoms with Crippen LogP contribution in [-0.2, 0) is 14.8 Å². The Labute approximate surface area is 114 Å². The lowest BCUT2D eigenvalue weighted by molar-refractivity contribution is -0.139. The average Bonchev–Trinajstić information content (AvgIpc) is 2.33. The summed E-state index contributed by atoms with van der Waals surface area (Å²) in [5, 5.41) is 12.0. The minimum absolute atomic E-state index is 0.150. The number of hydrogen-bond acceptors (Lipinski definition) is 4. The number of carbonyl (C=O) groups is 1. The van der Waals surface area contributed by atoms with Crippen LogP contribution in [0.25, 0.3) is 0 Å². The molecular weight excluding hydrogens is 268 g/mol. The lowest BCUT2D eigenvalue weighted by Crippen LogP contribution is -2.39. The van der Waals surface area contributed by atoms with Crippen molar-refractivity contribution in [1.82, 2.24) is 5.32 Å². The molecule has 0 saturated heterocycles. The van der Waals surface area contributed by atoms with E-state index in [4.69, 9.17) is 5.11 Å². The standard InChI is InChI=1S/C12H22N2O4S/c1-19(17,18)14-8-7-13-11(12(15)16)9-10-5-3-2-4-6-10/h8,10-11,13H,2-7,9H2,1H3,(H,15,16). The number of sulfonamides is 1. The molecule has 110 valence electrons. The van der Waals surface area contributed by atoms with E-state index in [-0.39, 0.29) is 6.54 Å². The molecule has 1 unspecified atom stereocenters. The topological polar surface area (TPSA) is 95.8 Å². The Morgan fingerprint density at radius 3 is 2.58 bits per heavy atom. The number of rotatable bonds is 7. The van der Waals surface area contributed by atoms with E-state index in [9.17, 15) is 13.2 Å². The number of hydrogen-bond donors (Lipinski definition) is 2. The molecule has 1 aliphatic rings. The van der Waals surface area contributed by atoms with Crippen molar-refractivity contribution in [1.29, 1.82) is 0 Å². The first kappa shape index (κ1) is 16.1. The van der Waals surface area contributed by atoms with Crippen molar-refractivity contribution in [2.24, 2.45) is 10.3 Å². The summed E-state index contributed by atoms with van der Waals surface area (Å²) in [6, 6.07) is -0.630. The van der Waals surface area contributed by atoms with Crippen LogP contribution in [0.3, 0.4) is 0 Å². The third-order valence-electron chi connectivity index (χ3n) is 3.31. The Morgan fingerprint density at radius 2 is 2.05 bits per heavy atom. The Bertz CT molecular complexity index is 413. The number of aliphatic carboxylic acids is 1. The van der Waals surface area contributed by atoms with Gasteiger partial charge in [0.25, 0.3) is 0 Å². The second-order valence-electron chi connectivity index (χ2n) is 5.06. The average molecular weight is 290 g/mol. The molecule has 0 bridgehead atoms. The van der Waals surface area contributed by atoms with Crippen LogP contribution in [-0.4, -0.2) is 44.6 Å². The fraction of sp³-hybridized carbons (Fsp3) is 0.833. The molecule has 0 aliphatic heterocycles. The highest BCUT2D eigenvalue weighted by Gasteiger charge is 2.23. The molecule has 0 heterocycles. The van der Waals surface area contributed by atoms with Gasteiger partial charge in [-0.15, -0.1) is 0 Å². The molecule has 6 nitrogen and oxygen atoms in total. The Kier molecular flexibility index (Phi) is 6.44. The van der Waals surface area contributed by atoms with Gasteiger partial charge in [-0.25, -0.2) is 8.42 Å². The van der Waals surface area contributed by atoms with Gasteiger partial charge < -0.3 is 5.11 Å². The van der Waals surface area contributed by atoms with Crippen LogP contribution in [0.5, 0.6) is 0 Å². The van der Waals surface area contributed by atoms with Crippen LogP contribution in [0.15, 0.2) is 4.40 Å². The number of nitrogens with zero attached hydrogens (tertiary/aromatic N) is 1. The summed E-state index contributed by atoms with van der Waals surface area (Å²) >= 11 is 0. The molecule has 0 aromatic rings. The Hall–Kier alpha value is -0.950. The van der Waals surface area contributed by atoms with Crippen molar-refractivity contribution in [2.75, 3.05) is 12.8 Å². The predicted molar refractivity (Wildman–Crippen MR) is 74.0 cm³/mol. The van der Waals surface area contributed by atoms with Crippen LogP contribution in [0.4, 0.5) is 0 Å². The van der Waals surface area contributed by atoms with Crippen LogP contribution < -0.4 is 5.32 Å². The summed E-state index contributed by atoms with van der Waals surface area (Å²) in [6.07, 6.45) is 8.56. The maximum atomic E-state index is 11.1. The zero-order valence-electron chi connectivity index (χ0n) is 11.2. The molecule has 7 heteroatoms. The zero-order chi connectivity index (χ0) is 14.3. The van der Waals surface area contributed by atoms with Gasteiger partial charge >= 0.3 is 5.97 Å². The van der Waals surface area contributed by atoms with Gasteiger partial charge in [-0.05, 0) is 12.3 Å². The Balaban J connectivity index is 2.40. The SMILES string of the molecule is CS(=O)(=O)N=CCNC(CC1CCCCC1)C(=O)O. The van der Waals surface area contributed by atoms with Crippen molar-refractivity contribution >= 4 is 22.2 Å². The van der Waals surface area contributed by atoms with Gasteiger partial charge in [0.2, 0.25) is 10.0 Å². The molecule has 1 aliphatic carbocycles. The molecule has 1 saturated carbocycles. The quantitative estimate of drug-likeness (QED) is 0.683. The molecule has 0 aromatic carbocycles. The maximum Gasteiger partial charge on any atom is 0.320 e. The monoisotopic (exact) mass is 290 g/mol. The molecule has 1 rings (SSSR count). The first-order chi connectivity index (χ1) is 8.88. The molecule has 19 heavy (non-hydrogen) atoms. The minimum Gasteiger partial charge on any atom is -0.480 e. The van der Waals surface area contributed by atoms with Crippen molar-refractivity contribution in [2.45, 2.75) is 44.6 Å². The third-order valence-corrected chi connectivity index (χ3v) is 3.85. The van der Waals surface area contributed by atoms with Crippen LogP contribution in [0.2, 0.25) is 0 Å². The van der Waals surface area contributed by atoms with Crippen LogP contribution in [0.1, 0.15) is 38.5 Å². The number of carboxylic acids is 1. The third kappa shape index (κ3) is 7.27. The van der Waals surface area contributed by atoms with E-state index < -0.39 is 22.0 Å². The normalized spacial score (nSPS) is 19.6. The van der Waals surface area contributed by atoms with Crippen molar-refractivity contribution in [3.8, 4) is 0 Å². The van der Waals surface area contributed by atoms with Gasteiger partial charge in [0, 0.05) is 12.8 Å². The summed E-state index contributed by atoms with van der Waals surface area (Å²) in [4.78, 5) is 11.1. The summed E-state index contributed by atoms with van der Waals surface area (Å²) in [6.45, 7) is 0.150. The predicted octanol–water partition coefficient (Wildman–Crippen LogP) is 1.03. The molecule has 2 N–H and O–H groups in total. The Morgan fingerprint density at radius 1 is 1.42 bits per heavy atom.